The number of hydrogen-bond donors (Lipinski definition) is 2. The van der Waals surface area contributed by atoms with Crippen molar-refractivity contribution >= 4 is 38.9 Å². The van der Waals surface area contributed by atoms with Crippen molar-refractivity contribution < 1.29 is 17.9 Å². The van der Waals surface area contributed by atoms with Gasteiger partial charge in [-0.25, -0.2) is 8.42 Å². The molecule has 0 aromatic heterocycles. The minimum atomic E-state index is -3.55. The predicted octanol–water partition coefficient (Wildman–Crippen LogP) is 4.41. The lowest BCUT2D eigenvalue weighted by Gasteiger charge is -2.21. The summed E-state index contributed by atoms with van der Waals surface area (Å²) in [5, 5.41) is 5.65. The zero-order valence-electron chi connectivity index (χ0n) is 18.8. The maximum atomic E-state index is 12.9. The molecular formula is C23H31N3O4S2. The largest absolute Gasteiger partial charge is 0.494 e. The van der Waals surface area contributed by atoms with Gasteiger partial charge in [0.25, 0.3) is 5.91 Å². The van der Waals surface area contributed by atoms with E-state index in [9.17, 15) is 13.2 Å². The molecule has 0 heterocycles. The van der Waals surface area contributed by atoms with E-state index < -0.39 is 10.0 Å². The molecule has 1 amide bonds. The number of anilines is 1. The van der Waals surface area contributed by atoms with Gasteiger partial charge in [-0.2, -0.15) is 4.31 Å². The topological polar surface area (TPSA) is 87.7 Å². The van der Waals surface area contributed by atoms with Gasteiger partial charge in [0.05, 0.1) is 11.5 Å². The van der Waals surface area contributed by atoms with Crippen molar-refractivity contribution in [1.82, 2.24) is 9.62 Å². The van der Waals surface area contributed by atoms with Gasteiger partial charge in [-0.05, 0) is 73.9 Å². The number of ether oxygens (including phenoxy) is 1. The lowest BCUT2D eigenvalue weighted by atomic mass is 10.2. The van der Waals surface area contributed by atoms with Crippen LogP contribution in [-0.2, 0) is 10.0 Å². The summed E-state index contributed by atoms with van der Waals surface area (Å²) in [7, 11) is -3.55. The lowest BCUT2D eigenvalue weighted by Crippen LogP contribution is -2.34. The third kappa shape index (κ3) is 7.29. The fraction of sp³-hybridized carbons (Fsp3) is 0.391. The summed E-state index contributed by atoms with van der Waals surface area (Å²) < 4.78 is 32.8. The Hall–Kier alpha value is -2.49. The van der Waals surface area contributed by atoms with E-state index in [4.69, 9.17) is 17.0 Å². The van der Waals surface area contributed by atoms with Gasteiger partial charge in [0, 0.05) is 24.3 Å². The number of nitrogens with one attached hydrogen (secondary N) is 2. The van der Waals surface area contributed by atoms with Crippen LogP contribution in [0, 0.1) is 0 Å². The molecule has 0 spiro atoms. The summed E-state index contributed by atoms with van der Waals surface area (Å²) in [6.45, 7) is 7.46. The molecule has 0 radical (unpaired) electrons. The van der Waals surface area contributed by atoms with Gasteiger partial charge in [0.1, 0.15) is 5.75 Å². The SMILES string of the molecule is CCCOc1cccc(C(=O)NC(=S)Nc2ccc(S(=O)(=O)N(CCC)CCC)cc2)c1. The Morgan fingerprint density at radius 1 is 1.00 bits per heavy atom. The first-order valence-corrected chi connectivity index (χ1v) is 12.6. The first kappa shape index (κ1) is 25.8. The molecule has 2 rings (SSSR count). The zero-order valence-corrected chi connectivity index (χ0v) is 20.4. The lowest BCUT2D eigenvalue weighted by molar-refractivity contribution is 0.0977. The van der Waals surface area contributed by atoms with E-state index in [1.54, 1.807) is 36.4 Å². The molecule has 7 nitrogen and oxygen atoms in total. The molecule has 32 heavy (non-hydrogen) atoms. The van der Waals surface area contributed by atoms with Crippen LogP contribution in [0.3, 0.4) is 0 Å². The first-order valence-electron chi connectivity index (χ1n) is 10.8. The Morgan fingerprint density at radius 3 is 2.25 bits per heavy atom. The number of thiocarbonyl (C=S) groups is 1. The molecule has 2 N–H and O–H groups in total. The summed E-state index contributed by atoms with van der Waals surface area (Å²) in [6.07, 6.45) is 2.38. The van der Waals surface area contributed by atoms with Gasteiger partial charge >= 0.3 is 0 Å². The molecule has 174 valence electrons. The summed E-state index contributed by atoms with van der Waals surface area (Å²) in [5.74, 6) is 0.258. The van der Waals surface area contributed by atoms with Gasteiger partial charge in [0.2, 0.25) is 10.0 Å². The highest BCUT2D eigenvalue weighted by molar-refractivity contribution is 7.89. The van der Waals surface area contributed by atoms with Crippen molar-refractivity contribution in [3.05, 3.63) is 54.1 Å². The van der Waals surface area contributed by atoms with Crippen LogP contribution in [0.4, 0.5) is 5.69 Å². The fourth-order valence-corrected chi connectivity index (χ4v) is 4.83. The fourth-order valence-electron chi connectivity index (χ4n) is 2.99. The number of rotatable bonds is 11. The van der Waals surface area contributed by atoms with Gasteiger partial charge < -0.3 is 10.1 Å². The minimum absolute atomic E-state index is 0.115. The maximum absolute atomic E-state index is 12.9. The summed E-state index contributed by atoms with van der Waals surface area (Å²) in [6, 6.07) is 13.2. The molecule has 0 atom stereocenters. The number of amides is 1. The molecular weight excluding hydrogens is 446 g/mol. The van der Waals surface area contributed by atoms with E-state index in [1.165, 1.54) is 16.4 Å². The summed E-state index contributed by atoms with van der Waals surface area (Å²) in [5.41, 5.74) is 1.00. The standard InChI is InChI=1S/C23H31N3O4S2/c1-4-14-26(15-5-2)32(28,29)21-12-10-19(11-13-21)24-23(31)25-22(27)18-8-7-9-20(17-18)30-16-6-3/h7-13,17H,4-6,14-16H2,1-3H3,(H2,24,25,27,31). The first-order chi connectivity index (χ1) is 15.3. The summed E-state index contributed by atoms with van der Waals surface area (Å²) in [4.78, 5) is 12.7. The smallest absolute Gasteiger partial charge is 0.257 e. The highest BCUT2D eigenvalue weighted by Gasteiger charge is 2.22. The third-order valence-corrected chi connectivity index (χ3v) is 6.61. The molecule has 0 aliphatic carbocycles. The van der Waals surface area contributed by atoms with Crippen LogP contribution < -0.4 is 15.4 Å². The molecule has 0 saturated heterocycles. The molecule has 0 aliphatic rings. The van der Waals surface area contributed by atoms with E-state index >= 15 is 0 Å². The second-order valence-corrected chi connectivity index (χ2v) is 9.56. The average Bonchev–Trinajstić information content (AvgIpc) is 2.78. The van der Waals surface area contributed by atoms with E-state index in [-0.39, 0.29) is 15.9 Å². The van der Waals surface area contributed by atoms with E-state index in [0.717, 1.165) is 19.3 Å². The second-order valence-electron chi connectivity index (χ2n) is 7.21. The van der Waals surface area contributed by atoms with Crippen LogP contribution in [0.15, 0.2) is 53.4 Å². The number of hydrogen-bond acceptors (Lipinski definition) is 5. The number of sulfonamides is 1. The molecule has 0 aliphatic heterocycles. The van der Waals surface area contributed by atoms with Crippen molar-refractivity contribution in [3.63, 3.8) is 0 Å². The Morgan fingerprint density at radius 2 is 1.66 bits per heavy atom. The van der Waals surface area contributed by atoms with Crippen molar-refractivity contribution in [2.75, 3.05) is 25.0 Å². The van der Waals surface area contributed by atoms with Crippen LogP contribution in [-0.4, -0.2) is 43.4 Å². The van der Waals surface area contributed by atoms with Crippen molar-refractivity contribution in [3.8, 4) is 5.75 Å². The van der Waals surface area contributed by atoms with E-state index in [2.05, 4.69) is 10.6 Å². The van der Waals surface area contributed by atoms with Crippen molar-refractivity contribution in [2.45, 2.75) is 44.9 Å². The molecule has 9 heteroatoms. The van der Waals surface area contributed by atoms with Crippen LogP contribution in [0.25, 0.3) is 0 Å². The summed E-state index contributed by atoms with van der Waals surface area (Å²) >= 11 is 5.23. The number of nitrogens with zero attached hydrogens (tertiary/aromatic N) is 1. The Bertz CT molecular complexity index is 1000. The quantitative estimate of drug-likeness (QED) is 0.466. The zero-order chi connectivity index (χ0) is 23.6. The molecule has 2 aromatic carbocycles. The number of carbonyl (C=O) groups excluding carboxylic acids is 1. The monoisotopic (exact) mass is 477 g/mol. The number of carbonyl (C=O) groups is 1. The van der Waals surface area contributed by atoms with Crippen molar-refractivity contribution in [1.29, 1.82) is 0 Å². The predicted molar refractivity (Wildman–Crippen MR) is 132 cm³/mol. The minimum Gasteiger partial charge on any atom is -0.494 e. The molecule has 0 unspecified atom stereocenters. The average molecular weight is 478 g/mol. The van der Waals surface area contributed by atoms with Gasteiger partial charge in [-0.1, -0.05) is 26.8 Å². The van der Waals surface area contributed by atoms with Crippen LogP contribution >= 0.6 is 12.2 Å². The normalized spacial score (nSPS) is 11.2. The van der Waals surface area contributed by atoms with Gasteiger partial charge in [0.15, 0.2) is 5.11 Å². The maximum Gasteiger partial charge on any atom is 0.257 e. The number of benzene rings is 2. The molecule has 0 fully saturated rings. The highest BCUT2D eigenvalue weighted by Crippen LogP contribution is 2.19. The van der Waals surface area contributed by atoms with E-state index in [1.807, 2.05) is 20.8 Å². The third-order valence-electron chi connectivity index (χ3n) is 4.49. The Balaban J connectivity index is 2.01. The van der Waals surface area contributed by atoms with E-state index in [0.29, 0.717) is 36.7 Å². The van der Waals surface area contributed by atoms with Crippen molar-refractivity contribution in [2.24, 2.45) is 0 Å². The Labute approximate surface area is 196 Å². The van der Waals surface area contributed by atoms with Crippen LogP contribution in [0.1, 0.15) is 50.4 Å². The van der Waals surface area contributed by atoms with Gasteiger partial charge in [-0.15, -0.1) is 0 Å². The molecule has 0 bridgehead atoms. The highest BCUT2D eigenvalue weighted by atomic mass is 32.2. The van der Waals surface area contributed by atoms with Gasteiger partial charge in [-0.3, -0.25) is 10.1 Å². The van der Waals surface area contributed by atoms with Crippen LogP contribution in [0.2, 0.25) is 0 Å². The molecule has 0 saturated carbocycles. The Kier molecular flexibility index (Phi) is 10.1. The second kappa shape index (κ2) is 12.5. The molecule has 2 aromatic rings. The van der Waals surface area contributed by atoms with Crippen LogP contribution in [0.5, 0.6) is 5.75 Å².